The first kappa shape index (κ1) is 29.4. The number of benzene rings is 3. The Bertz CT molecular complexity index is 985. The third kappa shape index (κ3) is 7.12. The van der Waals surface area contributed by atoms with Gasteiger partial charge in [0.2, 0.25) is 5.91 Å². The molecule has 3 rings (SSSR count). The van der Waals surface area contributed by atoms with E-state index < -0.39 is 22.8 Å². The van der Waals surface area contributed by atoms with Crippen molar-refractivity contribution in [2.75, 3.05) is 12.9 Å². The molecule has 36 heavy (non-hydrogen) atoms. The van der Waals surface area contributed by atoms with Crippen LogP contribution < -0.4 is 11.1 Å². The molecule has 0 aromatic heterocycles. The molecule has 3 N–H and O–H groups in total. The lowest BCUT2D eigenvalue weighted by atomic mass is 9.84. The minimum atomic E-state index is -0.810. The number of amides is 1. The van der Waals surface area contributed by atoms with Crippen LogP contribution in [0, 0.1) is 5.92 Å². The molecule has 0 radical (unpaired) electrons. The van der Waals surface area contributed by atoms with E-state index in [0.29, 0.717) is 12.2 Å². The molecule has 5 nitrogen and oxygen atoms in total. The SMILES string of the molecule is COC(=O)[C@H](CC(C)C)NC(=O)[C@@H](N)CSC(c1ccccc1)(c1ccccc1)c1ccccc1.Cl. The van der Waals surface area contributed by atoms with Gasteiger partial charge in [0.25, 0.3) is 0 Å². The molecule has 192 valence electrons. The van der Waals surface area contributed by atoms with Gasteiger partial charge in [-0.2, -0.15) is 0 Å². The van der Waals surface area contributed by atoms with Crippen LogP contribution in [0.15, 0.2) is 91.0 Å². The van der Waals surface area contributed by atoms with Crippen LogP contribution in [0.25, 0.3) is 0 Å². The minimum absolute atomic E-state index is 0. The summed E-state index contributed by atoms with van der Waals surface area (Å²) in [6.07, 6.45) is 0.486. The minimum Gasteiger partial charge on any atom is -0.467 e. The summed E-state index contributed by atoms with van der Waals surface area (Å²) in [6.45, 7) is 3.98. The molecule has 0 aliphatic rings. The zero-order valence-electron chi connectivity index (χ0n) is 20.9. The van der Waals surface area contributed by atoms with Crippen LogP contribution in [0.3, 0.4) is 0 Å². The molecule has 3 aromatic carbocycles. The number of rotatable bonds is 11. The van der Waals surface area contributed by atoms with Gasteiger partial charge in [-0.25, -0.2) is 4.79 Å². The van der Waals surface area contributed by atoms with E-state index in [-0.39, 0.29) is 24.2 Å². The molecule has 0 heterocycles. The Morgan fingerprint density at radius 1 is 0.861 bits per heavy atom. The molecule has 0 fully saturated rings. The second-order valence-corrected chi connectivity index (χ2v) is 10.1. The Morgan fingerprint density at radius 3 is 1.64 bits per heavy atom. The monoisotopic (exact) mass is 526 g/mol. The Kier molecular flexibility index (Phi) is 11.5. The summed E-state index contributed by atoms with van der Waals surface area (Å²) in [7, 11) is 1.32. The van der Waals surface area contributed by atoms with E-state index in [2.05, 4.69) is 41.7 Å². The summed E-state index contributed by atoms with van der Waals surface area (Å²) in [5, 5.41) is 2.80. The average Bonchev–Trinajstić information content (AvgIpc) is 2.89. The number of thioether (sulfide) groups is 1. The first-order chi connectivity index (χ1) is 16.9. The third-order valence-corrected chi connectivity index (χ3v) is 7.53. The maximum Gasteiger partial charge on any atom is 0.328 e. The Morgan fingerprint density at radius 2 is 1.28 bits per heavy atom. The zero-order chi connectivity index (χ0) is 25.3. The Labute approximate surface area is 224 Å². The van der Waals surface area contributed by atoms with Crippen LogP contribution in [0.5, 0.6) is 0 Å². The number of carbonyl (C=O) groups is 2. The molecule has 0 aliphatic carbocycles. The van der Waals surface area contributed by atoms with Crippen molar-refractivity contribution in [3.05, 3.63) is 108 Å². The fourth-order valence-corrected chi connectivity index (χ4v) is 5.65. The van der Waals surface area contributed by atoms with Gasteiger partial charge in [0.15, 0.2) is 0 Å². The lowest BCUT2D eigenvalue weighted by Crippen LogP contribution is -2.50. The van der Waals surface area contributed by atoms with Crippen LogP contribution >= 0.6 is 24.2 Å². The van der Waals surface area contributed by atoms with Gasteiger partial charge >= 0.3 is 5.97 Å². The number of nitrogens with one attached hydrogen (secondary N) is 1. The number of esters is 1. The van der Waals surface area contributed by atoms with E-state index in [1.54, 1.807) is 11.8 Å². The fraction of sp³-hybridized carbons (Fsp3) is 0.310. The smallest absolute Gasteiger partial charge is 0.328 e. The summed E-state index contributed by atoms with van der Waals surface area (Å²) in [5.74, 6) is -0.261. The van der Waals surface area contributed by atoms with Gasteiger partial charge in [0, 0.05) is 5.75 Å². The van der Waals surface area contributed by atoms with E-state index in [0.717, 1.165) is 16.7 Å². The number of hydrogen-bond donors (Lipinski definition) is 2. The zero-order valence-corrected chi connectivity index (χ0v) is 22.6. The summed E-state index contributed by atoms with van der Waals surface area (Å²) in [6, 6.07) is 29.2. The predicted octanol–water partition coefficient (Wildman–Crippen LogP) is 5.16. The molecular formula is C29H35ClN2O3S. The summed E-state index contributed by atoms with van der Waals surface area (Å²) < 4.78 is 4.31. The van der Waals surface area contributed by atoms with E-state index in [4.69, 9.17) is 10.5 Å². The van der Waals surface area contributed by atoms with Crippen LogP contribution in [-0.2, 0) is 19.1 Å². The fourth-order valence-electron chi connectivity index (χ4n) is 4.17. The predicted molar refractivity (Wildman–Crippen MR) is 150 cm³/mol. The van der Waals surface area contributed by atoms with Crippen molar-refractivity contribution in [2.45, 2.75) is 37.1 Å². The quantitative estimate of drug-likeness (QED) is 0.266. The first-order valence-corrected chi connectivity index (χ1v) is 12.8. The standard InChI is InChI=1S/C29H34N2O3S.ClH/c1-21(2)19-26(28(33)34-3)31-27(32)25(30)20-35-29(22-13-7-4-8-14-22,23-15-9-5-10-16-23)24-17-11-6-12-18-24;/h4-18,21,25-26H,19-20,30H2,1-3H3,(H,31,32);1H/t25-,26-;/m0./s1. The topological polar surface area (TPSA) is 81.4 Å². The van der Waals surface area contributed by atoms with Crippen molar-refractivity contribution in [1.82, 2.24) is 5.32 Å². The van der Waals surface area contributed by atoms with Crippen molar-refractivity contribution >= 4 is 36.0 Å². The molecule has 3 aromatic rings. The van der Waals surface area contributed by atoms with Crippen molar-refractivity contribution in [3.8, 4) is 0 Å². The van der Waals surface area contributed by atoms with Crippen LogP contribution in [-0.4, -0.2) is 36.8 Å². The third-order valence-electron chi connectivity index (χ3n) is 5.87. The van der Waals surface area contributed by atoms with Crippen LogP contribution in [0.2, 0.25) is 0 Å². The summed E-state index contributed by atoms with van der Waals surface area (Å²) in [4.78, 5) is 25.2. The highest BCUT2D eigenvalue weighted by atomic mass is 35.5. The van der Waals surface area contributed by atoms with Crippen molar-refractivity contribution < 1.29 is 14.3 Å². The number of hydrogen-bond acceptors (Lipinski definition) is 5. The van der Waals surface area contributed by atoms with E-state index in [1.807, 2.05) is 68.4 Å². The number of halogens is 1. The molecule has 2 atom stereocenters. The van der Waals surface area contributed by atoms with Crippen molar-refractivity contribution in [3.63, 3.8) is 0 Å². The molecule has 0 saturated heterocycles. The van der Waals surface area contributed by atoms with Gasteiger partial charge in [0.05, 0.1) is 17.9 Å². The first-order valence-electron chi connectivity index (χ1n) is 11.8. The number of nitrogens with two attached hydrogens (primary N) is 1. The van der Waals surface area contributed by atoms with Gasteiger partial charge in [-0.15, -0.1) is 24.2 Å². The molecule has 1 amide bonds. The summed E-state index contributed by atoms with van der Waals surface area (Å²) in [5.41, 5.74) is 9.69. The lowest BCUT2D eigenvalue weighted by molar-refractivity contribution is -0.145. The molecule has 0 aliphatic heterocycles. The summed E-state index contributed by atoms with van der Waals surface area (Å²) >= 11 is 1.62. The molecule has 0 spiro atoms. The number of ether oxygens (including phenoxy) is 1. The molecular weight excluding hydrogens is 492 g/mol. The highest BCUT2D eigenvalue weighted by Gasteiger charge is 2.38. The molecule has 0 unspecified atom stereocenters. The van der Waals surface area contributed by atoms with Crippen LogP contribution in [0.4, 0.5) is 0 Å². The Balaban J connectivity index is 0.00000456. The highest BCUT2D eigenvalue weighted by Crippen LogP contribution is 2.48. The van der Waals surface area contributed by atoms with Gasteiger partial charge in [0.1, 0.15) is 6.04 Å². The van der Waals surface area contributed by atoms with Gasteiger partial charge in [-0.3, -0.25) is 4.79 Å². The highest BCUT2D eigenvalue weighted by molar-refractivity contribution is 8.00. The molecule has 7 heteroatoms. The average molecular weight is 527 g/mol. The van der Waals surface area contributed by atoms with Crippen molar-refractivity contribution in [1.29, 1.82) is 0 Å². The van der Waals surface area contributed by atoms with Gasteiger partial charge < -0.3 is 15.8 Å². The van der Waals surface area contributed by atoms with Crippen molar-refractivity contribution in [2.24, 2.45) is 11.7 Å². The molecule has 0 saturated carbocycles. The second-order valence-electron chi connectivity index (χ2n) is 8.91. The number of carbonyl (C=O) groups excluding carboxylic acids is 2. The molecule has 0 bridgehead atoms. The van der Waals surface area contributed by atoms with E-state index in [1.165, 1.54) is 7.11 Å². The van der Waals surface area contributed by atoms with E-state index in [9.17, 15) is 9.59 Å². The Hall–Kier alpha value is -2.80. The lowest BCUT2D eigenvalue weighted by Gasteiger charge is -2.36. The normalized spacial score (nSPS) is 12.8. The maximum atomic E-state index is 13.0. The largest absolute Gasteiger partial charge is 0.467 e. The second kappa shape index (κ2) is 14.1. The van der Waals surface area contributed by atoms with E-state index >= 15 is 0 Å². The van der Waals surface area contributed by atoms with Gasteiger partial charge in [-0.1, -0.05) is 105 Å². The maximum absolute atomic E-state index is 13.0. The van der Waals surface area contributed by atoms with Gasteiger partial charge in [-0.05, 0) is 29.0 Å². The number of methoxy groups -OCH3 is 1. The van der Waals surface area contributed by atoms with Crippen LogP contribution in [0.1, 0.15) is 37.0 Å².